The van der Waals surface area contributed by atoms with Crippen LogP contribution in [-0.2, 0) is 10.0 Å². The zero-order valence-corrected chi connectivity index (χ0v) is 12.2. The standard InChI is InChI=1S/C11H17FN2O2S.ClH/c1-9-4-5-10(12)8-11(9)17(15,16)14(3)7-6-13-2;/h4-5,8,13H,6-7H2,1-3H3;1H. The first-order valence-electron chi connectivity index (χ1n) is 5.26. The molecule has 0 bridgehead atoms. The molecule has 0 aromatic heterocycles. The Labute approximate surface area is 114 Å². The molecule has 0 spiro atoms. The molecule has 18 heavy (non-hydrogen) atoms. The number of rotatable bonds is 5. The van der Waals surface area contributed by atoms with Gasteiger partial charge in [0, 0.05) is 20.1 Å². The summed E-state index contributed by atoms with van der Waals surface area (Å²) in [6.45, 7) is 2.54. The summed E-state index contributed by atoms with van der Waals surface area (Å²) < 4.78 is 38.6. The molecule has 0 saturated carbocycles. The van der Waals surface area contributed by atoms with E-state index >= 15 is 0 Å². The van der Waals surface area contributed by atoms with E-state index in [0.717, 1.165) is 6.07 Å². The van der Waals surface area contributed by atoms with E-state index in [2.05, 4.69) is 5.32 Å². The third-order valence-electron chi connectivity index (χ3n) is 2.52. The van der Waals surface area contributed by atoms with Crippen LogP contribution >= 0.6 is 12.4 Å². The van der Waals surface area contributed by atoms with Gasteiger partial charge in [-0.15, -0.1) is 12.4 Å². The van der Waals surface area contributed by atoms with Crippen molar-refractivity contribution < 1.29 is 12.8 Å². The molecule has 0 atom stereocenters. The molecule has 1 aromatic carbocycles. The smallest absolute Gasteiger partial charge is 0.243 e. The summed E-state index contributed by atoms with van der Waals surface area (Å²) in [7, 11) is -0.384. The van der Waals surface area contributed by atoms with Gasteiger partial charge in [-0.3, -0.25) is 0 Å². The summed E-state index contributed by atoms with van der Waals surface area (Å²) in [4.78, 5) is 0.0242. The van der Waals surface area contributed by atoms with Crippen LogP contribution in [0.4, 0.5) is 4.39 Å². The highest BCUT2D eigenvalue weighted by atomic mass is 35.5. The lowest BCUT2D eigenvalue weighted by molar-refractivity contribution is 0.465. The highest BCUT2D eigenvalue weighted by molar-refractivity contribution is 7.89. The Morgan fingerprint density at radius 1 is 1.39 bits per heavy atom. The Kier molecular flexibility index (Phi) is 6.77. The van der Waals surface area contributed by atoms with E-state index in [1.807, 2.05) is 0 Å². The number of nitrogens with zero attached hydrogens (tertiary/aromatic N) is 1. The Balaban J connectivity index is 0.00000289. The van der Waals surface area contributed by atoms with Gasteiger partial charge in [-0.25, -0.2) is 12.8 Å². The Bertz CT molecular complexity index is 494. The van der Waals surface area contributed by atoms with Gasteiger partial charge < -0.3 is 5.32 Å². The van der Waals surface area contributed by atoms with Gasteiger partial charge in [-0.05, 0) is 31.7 Å². The first-order valence-corrected chi connectivity index (χ1v) is 6.70. The number of hydrogen-bond donors (Lipinski definition) is 1. The first kappa shape index (κ1) is 17.3. The maximum absolute atomic E-state index is 13.1. The number of halogens is 2. The molecule has 0 fully saturated rings. The predicted molar refractivity (Wildman–Crippen MR) is 72.1 cm³/mol. The van der Waals surface area contributed by atoms with E-state index in [-0.39, 0.29) is 17.3 Å². The highest BCUT2D eigenvalue weighted by Crippen LogP contribution is 2.19. The second kappa shape index (κ2) is 7.04. The first-order chi connectivity index (χ1) is 7.89. The molecule has 0 saturated heterocycles. The van der Waals surface area contributed by atoms with Crippen LogP contribution in [0, 0.1) is 12.7 Å². The minimum Gasteiger partial charge on any atom is -0.318 e. The maximum Gasteiger partial charge on any atom is 0.243 e. The molecule has 0 radical (unpaired) electrons. The number of hydrogen-bond acceptors (Lipinski definition) is 3. The normalized spacial score (nSPS) is 11.4. The van der Waals surface area contributed by atoms with E-state index < -0.39 is 15.8 Å². The van der Waals surface area contributed by atoms with Crippen LogP contribution in [0.1, 0.15) is 5.56 Å². The number of aryl methyl sites for hydroxylation is 1. The van der Waals surface area contributed by atoms with Gasteiger partial charge in [0.1, 0.15) is 5.82 Å². The van der Waals surface area contributed by atoms with Crippen LogP contribution in [0.25, 0.3) is 0 Å². The van der Waals surface area contributed by atoms with Crippen molar-refractivity contribution in [2.75, 3.05) is 27.2 Å². The van der Waals surface area contributed by atoms with Crippen molar-refractivity contribution in [3.05, 3.63) is 29.6 Å². The molecular formula is C11H18ClFN2O2S. The molecule has 1 rings (SSSR count). The lowest BCUT2D eigenvalue weighted by atomic mass is 10.2. The van der Waals surface area contributed by atoms with Gasteiger partial charge in [-0.2, -0.15) is 4.31 Å². The molecular weight excluding hydrogens is 279 g/mol. The average molecular weight is 297 g/mol. The van der Waals surface area contributed by atoms with Gasteiger partial charge in [0.2, 0.25) is 10.0 Å². The van der Waals surface area contributed by atoms with Crippen LogP contribution in [0.15, 0.2) is 23.1 Å². The number of benzene rings is 1. The zero-order chi connectivity index (χ0) is 13.1. The van der Waals surface area contributed by atoms with Crippen molar-refractivity contribution >= 4 is 22.4 Å². The van der Waals surface area contributed by atoms with E-state index in [4.69, 9.17) is 0 Å². The average Bonchev–Trinajstić information content (AvgIpc) is 2.28. The SMILES string of the molecule is CNCCN(C)S(=O)(=O)c1cc(F)ccc1C.Cl. The lowest BCUT2D eigenvalue weighted by Gasteiger charge is -2.18. The Morgan fingerprint density at radius 3 is 2.56 bits per heavy atom. The van der Waals surface area contributed by atoms with Gasteiger partial charge in [0.05, 0.1) is 4.90 Å². The predicted octanol–water partition coefficient (Wildman–Crippen LogP) is 1.40. The van der Waals surface area contributed by atoms with Gasteiger partial charge in [-0.1, -0.05) is 6.07 Å². The van der Waals surface area contributed by atoms with E-state index in [9.17, 15) is 12.8 Å². The summed E-state index contributed by atoms with van der Waals surface area (Å²) >= 11 is 0. The summed E-state index contributed by atoms with van der Waals surface area (Å²) in [5.74, 6) is -0.545. The molecule has 1 N–H and O–H groups in total. The summed E-state index contributed by atoms with van der Waals surface area (Å²) in [5, 5.41) is 2.87. The third kappa shape index (κ3) is 3.91. The molecule has 0 aliphatic carbocycles. The van der Waals surface area contributed by atoms with Crippen LogP contribution < -0.4 is 5.32 Å². The number of likely N-dealkylation sites (N-methyl/N-ethyl adjacent to an activating group) is 2. The highest BCUT2D eigenvalue weighted by Gasteiger charge is 2.22. The fourth-order valence-electron chi connectivity index (χ4n) is 1.41. The van der Waals surface area contributed by atoms with Crippen LogP contribution in [0.3, 0.4) is 0 Å². The third-order valence-corrected chi connectivity index (χ3v) is 4.51. The summed E-state index contributed by atoms with van der Waals surface area (Å²) in [6, 6.07) is 3.77. The molecule has 1 aromatic rings. The molecule has 0 amide bonds. The largest absolute Gasteiger partial charge is 0.318 e. The molecule has 0 unspecified atom stereocenters. The van der Waals surface area contributed by atoms with Gasteiger partial charge in [0.15, 0.2) is 0 Å². The van der Waals surface area contributed by atoms with Crippen molar-refractivity contribution in [2.24, 2.45) is 0 Å². The second-order valence-electron chi connectivity index (χ2n) is 3.84. The van der Waals surface area contributed by atoms with E-state index in [1.54, 1.807) is 14.0 Å². The minimum atomic E-state index is -3.61. The zero-order valence-electron chi connectivity index (χ0n) is 10.6. The molecule has 0 aliphatic heterocycles. The minimum absolute atomic E-state index is 0. The molecule has 0 aliphatic rings. The molecule has 0 heterocycles. The topological polar surface area (TPSA) is 49.4 Å². The van der Waals surface area contributed by atoms with Crippen LogP contribution in [0.5, 0.6) is 0 Å². The van der Waals surface area contributed by atoms with E-state index in [1.165, 1.54) is 23.5 Å². The second-order valence-corrected chi connectivity index (χ2v) is 5.85. The summed E-state index contributed by atoms with van der Waals surface area (Å²) in [5.41, 5.74) is 0.544. The van der Waals surface area contributed by atoms with Crippen molar-refractivity contribution in [1.82, 2.24) is 9.62 Å². The van der Waals surface area contributed by atoms with Crippen molar-refractivity contribution in [3.63, 3.8) is 0 Å². The molecule has 4 nitrogen and oxygen atoms in total. The monoisotopic (exact) mass is 296 g/mol. The van der Waals surface area contributed by atoms with Gasteiger partial charge >= 0.3 is 0 Å². The number of nitrogens with one attached hydrogen (secondary N) is 1. The van der Waals surface area contributed by atoms with Crippen molar-refractivity contribution in [2.45, 2.75) is 11.8 Å². The van der Waals surface area contributed by atoms with Crippen LogP contribution in [0.2, 0.25) is 0 Å². The maximum atomic E-state index is 13.1. The molecule has 104 valence electrons. The van der Waals surface area contributed by atoms with E-state index in [0.29, 0.717) is 18.7 Å². The quantitative estimate of drug-likeness (QED) is 0.893. The summed E-state index contributed by atoms with van der Waals surface area (Å²) in [6.07, 6.45) is 0. The lowest BCUT2D eigenvalue weighted by Crippen LogP contribution is -2.33. The number of sulfonamides is 1. The van der Waals surface area contributed by atoms with Crippen molar-refractivity contribution in [3.8, 4) is 0 Å². The molecule has 7 heteroatoms. The fourth-order valence-corrected chi connectivity index (χ4v) is 2.81. The Hall–Kier alpha value is -0.690. The van der Waals surface area contributed by atoms with Crippen molar-refractivity contribution in [1.29, 1.82) is 0 Å². The Morgan fingerprint density at radius 2 is 2.00 bits per heavy atom. The fraction of sp³-hybridized carbons (Fsp3) is 0.455. The van der Waals surface area contributed by atoms with Crippen LogP contribution in [-0.4, -0.2) is 39.9 Å². The van der Waals surface area contributed by atoms with Gasteiger partial charge in [0.25, 0.3) is 0 Å².